The van der Waals surface area contributed by atoms with Crippen LogP contribution in [0.15, 0.2) is 72.1 Å². The van der Waals surface area contributed by atoms with Gasteiger partial charge in [0.1, 0.15) is 11.6 Å². The molecular formula is C37H45ClN2O4. The maximum absolute atomic E-state index is 14.1. The maximum Gasteiger partial charge on any atom is 0.349 e. The van der Waals surface area contributed by atoms with Crippen LogP contribution in [-0.4, -0.2) is 20.6 Å². The predicted molar refractivity (Wildman–Crippen MR) is 181 cm³/mol. The summed E-state index contributed by atoms with van der Waals surface area (Å²) in [6.07, 6.45) is 12.4. The molecule has 1 heterocycles. The van der Waals surface area contributed by atoms with E-state index in [-0.39, 0.29) is 5.56 Å². The van der Waals surface area contributed by atoms with E-state index in [4.69, 9.17) is 21.3 Å². The first kappa shape index (κ1) is 34.6. The van der Waals surface area contributed by atoms with E-state index >= 15 is 0 Å². The molecule has 0 aliphatic heterocycles. The number of aromatic nitrogens is 2. The molecule has 0 spiro atoms. The second kappa shape index (κ2) is 16.8. The fraction of sp³-hybridized carbons (Fsp3) is 0.378. The molecule has 3 aromatic rings. The van der Waals surface area contributed by atoms with Crippen LogP contribution < -0.4 is 10.3 Å². The lowest BCUT2D eigenvalue weighted by Gasteiger charge is -2.22. The Kier molecular flexibility index (Phi) is 13.2. The first-order valence-electron chi connectivity index (χ1n) is 15.5. The largest absolute Gasteiger partial charge is 0.478 e. The average Bonchev–Trinajstić information content (AvgIpc) is 2.97. The van der Waals surface area contributed by atoms with Crippen molar-refractivity contribution < 1.29 is 14.6 Å². The summed E-state index contributed by atoms with van der Waals surface area (Å²) in [6.45, 7) is 14.2. The van der Waals surface area contributed by atoms with Gasteiger partial charge in [-0.1, -0.05) is 101 Å². The lowest BCUT2D eigenvalue weighted by atomic mass is 9.94. The smallest absolute Gasteiger partial charge is 0.349 e. The summed E-state index contributed by atoms with van der Waals surface area (Å²) >= 11 is 6.19. The number of carboxylic acid groups (broad SMARTS) is 1. The van der Waals surface area contributed by atoms with E-state index in [1.54, 1.807) is 28.8 Å². The van der Waals surface area contributed by atoms with Gasteiger partial charge in [-0.05, 0) is 74.4 Å². The highest BCUT2D eigenvalue weighted by Crippen LogP contribution is 2.34. The SMILES string of the molecule is C=C(/C=C\C=C/C)n1c(C)nc(CCCC)c(Cc2cc(CCC)c(OC(C(=O)O)c3cccc(Cl)c3)c(CCC)c2)c1=O. The molecule has 6 nitrogen and oxygen atoms in total. The molecule has 234 valence electrons. The lowest BCUT2D eigenvalue weighted by molar-refractivity contribution is -0.145. The Balaban J connectivity index is 2.16. The number of halogens is 1. The summed E-state index contributed by atoms with van der Waals surface area (Å²) in [4.78, 5) is 31.3. The minimum atomic E-state index is -1.21. The second-order valence-electron chi connectivity index (χ2n) is 11.0. The highest BCUT2D eigenvalue weighted by Gasteiger charge is 2.26. The van der Waals surface area contributed by atoms with Crippen LogP contribution in [0.25, 0.3) is 5.70 Å². The molecule has 1 unspecified atom stereocenters. The quantitative estimate of drug-likeness (QED) is 0.163. The highest BCUT2D eigenvalue weighted by molar-refractivity contribution is 6.30. The van der Waals surface area contributed by atoms with Crippen molar-refractivity contribution in [3.63, 3.8) is 0 Å². The van der Waals surface area contributed by atoms with Crippen LogP contribution in [0, 0.1) is 6.92 Å². The van der Waals surface area contributed by atoms with E-state index in [2.05, 4.69) is 39.5 Å². The molecule has 0 amide bonds. The van der Waals surface area contributed by atoms with Gasteiger partial charge in [-0.25, -0.2) is 9.78 Å². The fourth-order valence-corrected chi connectivity index (χ4v) is 5.58. The first-order chi connectivity index (χ1) is 21.1. The number of benzene rings is 2. The standard InChI is InChI=1S/C37H45ClN2O4/c1-7-11-13-17-25(5)40-26(6)39-33(20-12-8-2)32(36(40)41)23-27-21-28(15-9-3)34(29(22-27)16-10-4)44-35(37(42)43)30-18-14-19-31(38)24-30/h7,11,13-14,17-19,21-22,24,35H,5,8-10,12,15-16,20,23H2,1-4,6H3,(H,42,43)/b11-7-,17-13-. The van der Waals surface area contributed by atoms with Crippen LogP contribution >= 0.6 is 11.6 Å². The zero-order valence-electron chi connectivity index (χ0n) is 26.7. The number of nitrogens with zero attached hydrogens (tertiary/aromatic N) is 2. The van der Waals surface area contributed by atoms with Crippen molar-refractivity contribution in [1.29, 1.82) is 0 Å². The number of carboxylic acids is 1. The number of aryl methyl sites for hydroxylation is 4. The van der Waals surface area contributed by atoms with Crippen molar-refractivity contribution >= 4 is 23.3 Å². The predicted octanol–water partition coefficient (Wildman–Crippen LogP) is 8.85. The van der Waals surface area contributed by atoms with Crippen molar-refractivity contribution in [3.05, 3.63) is 122 Å². The topological polar surface area (TPSA) is 81.4 Å². The molecular weight excluding hydrogens is 572 g/mol. The van der Waals surface area contributed by atoms with Gasteiger partial charge in [0.05, 0.1) is 5.69 Å². The Bertz CT molecular complexity index is 1560. The van der Waals surface area contributed by atoms with Gasteiger partial charge in [-0.3, -0.25) is 9.36 Å². The number of hydrogen-bond donors (Lipinski definition) is 1. The zero-order chi connectivity index (χ0) is 32.2. The molecule has 0 saturated carbocycles. The maximum atomic E-state index is 14.1. The minimum absolute atomic E-state index is 0.111. The van der Waals surface area contributed by atoms with Gasteiger partial charge in [0.15, 0.2) is 0 Å². The molecule has 0 saturated heterocycles. The van der Waals surface area contributed by atoms with Crippen molar-refractivity contribution in [2.45, 2.75) is 92.1 Å². The monoisotopic (exact) mass is 616 g/mol. The molecule has 1 N–H and O–H groups in total. The molecule has 3 rings (SSSR count). The lowest BCUT2D eigenvalue weighted by Crippen LogP contribution is -2.28. The van der Waals surface area contributed by atoms with E-state index in [1.165, 1.54) is 0 Å². The average molecular weight is 617 g/mol. The molecule has 1 aromatic heterocycles. The normalized spacial score (nSPS) is 12.2. The number of carbonyl (C=O) groups is 1. The van der Waals surface area contributed by atoms with Gasteiger partial charge in [-0.2, -0.15) is 0 Å². The Morgan fingerprint density at radius 2 is 1.75 bits per heavy atom. The molecule has 2 aromatic carbocycles. The number of rotatable bonds is 16. The van der Waals surface area contributed by atoms with Crippen LogP contribution in [0.5, 0.6) is 5.75 Å². The van der Waals surface area contributed by atoms with Crippen LogP contribution in [0.1, 0.15) is 98.8 Å². The molecule has 0 fully saturated rings. The first-order valence-corrected chi connectivity index (χ1v) is 15.9. The highest BCUT2D eigenvalue weighted by atomic mass is 35.5. The van der Waals surface area contributed by atoms with E-state index in [0.29, 0.717) is 59.1 Å². The number of aliphatic carboxylic acids is 1. The van der Waals surface area contributed by atoms with Gasteiger partial charge in [-0.15, -0.1) is 0 Å². The van der Waals surface area contributed by atoms with E-state index in [9.17, 15) is 14.7 Å². The molecule has 0 aliphatic rings. The third kappa shape index (κ3) is 8.82. The number of ether oxygens (including phenoxy) is 1. The van der Waals surface area contributed by atoms with Gasteiger partial charge in [0, 0.05) is 28.3 Å². The third-order valence-corrected chi connectivity index (χ3v) is 7.65. The van der Waals surface area contributed by atoms with Gasteiger partial charge in [0.25, 0.3) is 5.56 Å². The summed E-state index contributed by atoms with van der Waals surface area (Å²) in [5.74, 6) is 0.123. The third-order valence-electron chi connectivity index (χ3n) is 7.41. The summed E-state index contributed by atoms with van der Waals surface area (Å²) in [5, 5.41) is 10.6. The van der Waals surface area contributed by atoms with Crippen LogP contribution in [-0.2, 0) is 30.5 Å². The van der Waals surface area contributed by atoms with Gasteiger partial charge < -0.3 is 9.84 Å². The Morgan fingerprint density at radius 1 is 1.07 bits per heavy atom. The molecule has 0 radical (unpaired) electrons. The van der Waals surface area contributed by atoms with E-state index in [1.807, 2.05) is 38.2 Å². The fourth-order valence-electron chi connectivity index (χ4n) is 5.38. The van der Waals surface area contributed by atoms with Crippen LogP contribution in [0.3, 0.4) is 0 Å². The van der Waals surface area contributed by atoms with Crippen molar-refractivity contribution in [3.8, 4) is 5.75 Å². The number of unbranched alkanes of at least 4 members (excludes halogenated alkanes) is 1. The van der Waals surface area contributed by atoms with Gasteiger partial charge in [0.2, 0.25) is 6.10 Å². The van der Waals surface area contributed by atoms with Crippen molar-refractivity contribution in [2.24, 2.45) is 0 Å². The van der Waals surface area contributed by atoms with E-state index in [0.717, 1.165) is 48.1 Å². The van der Waals surface area contributed by atoms with E-state index < -0.39 is 12.1 Å². The Hall–Kier alpha value is -3.90. The summed E-state index contributed by atoms with van der Waals surface area (Å²) in [7, 11) is 0. The van der Waals surface area contributed by atoms with Crippen LogP contribution in [0.4, 0.5) is 0 Å². The molecule has 0 aliphatic carbocycles. The number of allylic oxidation sites excluding steroid dienone is 5. The summed E-state index contributed by atoms with van der Waals surface area (Å²) < 4.78 is 7.93. The Morgan fingerprint density at radius 3 is 2.32 bits per heavy atom. The summed E-state index contributed by atoms with van der Waals surface area (Å²) in [5.41, 5.74) is 5.23. The second-order valence-corrected chi connectivity index (χ2v) is 11.5. The molecule has 44 heavy (non-hydrogen) atoms. The molecule has 0 bridgehead atoms. The van der Waals surface area contributed by atoms with Gasteiger partial charge >= 0.3 is 5.97 Å². The zero-order valence-corrected chi connectivity index (χ0v) is 27.4. The number of hydrogen-bond acceptors (Lipinski definition) is 4. The van der Waals surface area contributed by atoms with Crippen molar-refractivity contribution in [1.82, 2.24) is 9.55 Å². The minimum Gasteiger partial charge on any atom is -0.478 e. The van der Waals surface area contributed by atoms with Crippen LogP contribution in [0.2, 0.25) is 5.02 Å². The molecule has 7 heteroatoms. The molecule has 1 atom stereocenters. The summed E-state index contributed by atoms with van der Waals surface area (Å²) in [6, 6.07) is 10.9. The van der Waals surface area contributed by atoms with Crippen molar-refractivity contribution in [2.75, 3.05) is 0 Å². The Labute approximate surface area is 266 Å².